The maximum Gasteiger partial charge on any atom is 0.220 e. The number of hydrogen-bond donors (Lipinski definition) is 9. The molecule has 12 unspecified atom stereocenters. The number of carbonyl (C=O) groups is 1. The molecular weight excluding hydrogens is 883 g/mol. The van der Waals surface area contributed by atoms with Crippen LogP contribution >= 0.6 is 0 Å². The van der Waals surface area contributed by atoms with Crippen molar-refractivity contribution in [2.75, 3.05) is 19.8 Å². The SMILES string of the molecule is CCCCCCCCCCCCCCCCC/C=C/CC/C=C/C(O)C(COC1OC(CO)C(OC2OC(CO)C(O)C(O)C2O)C(O)C1O)NC(=O)CCCCCCCCCCCCCCCC. The van der Waals surface area contributed by atoms with Gasteiger partial charge in [0.2, 0.25) is 5.91 Å². The number of unbranched alkanes of at least 4 members (excludes halogenated alkanes) is 29. The number of nitrogens with one attached hydrogen (secondary N) is 1. The van der Waals surface area contributed by atoms with Crippen LogP contribution in [0, 0.1) is 0 Å². The van der Waals surface area contributed by atoms with Gasteiger partial charge < -0.3 is 65.1 Å². The number of amides is 1. The van der Waals surface area contributed by atoms with Crippen molar-refractivity contribution in [2.24, 2.45) is 0 Å². The zero-order valence-electron chi connectivity index (χ0n) is 43.3. The molecule has 12 atom stereocenters. The Morgan fingerprint density at radius 2 is 0.928 bits per heavy atom. The van der Waals surface area contributed by atoms with Gasteiger partial charge in [0.25, 0.3) is 0 Å². The number of aliphatic hydroxyl groups excluding tert-OH is 8. The maximum absolute atomic E-state index is 13.2. The van der Waals surface area contributed by atoms with E-state index in [0.717, 1.165) is 32.1 Å². The van der Waals surface area contributed by atoms with Gasteiger partial charge in [0.05, 0.1) is 32.0 Å². The Hall–Kier alpha value is -1.53. The van der Waals surface area contributed by atoms with E-state index in [2.05, 4.69) is 31.3 Å². The normalized spacial score (nSPS) is 26.3. The number of allylic oxidation sites excluding steroid dienone is 3. The Kier molecular flexibility index (Phi) is 38.6. The molecular formula is C55H103NO13. The summed E-state index contributed by atoms with van der Waals surface area (Å²) in [5.74, 6) is -0.247. The number of hydrogen-bond acceptors (Lipinski definition) is 13. The highest BCUT2D eigenvalue weighted by molar-refractivity contribution is 5.76. The van der Waals surface area contributed by atoms with Gasteiger partial charge in [0, 0.05) is 6.42 Å². The summed E-state index contributed by atoms with van der Waals surface area (Å²) in [7, 11) is 0. The summed E-state index contributed by atoms with van der Waals surface area (Å²) < 4.78 is 22.7. The molecule has 406 valence electrons. The third-order valence-electron chi connectivity index (χ3n) is 13.9. The van der Waals surface area contributed by atoms with Gasteiger partial charge >= 0.3 is 0 Å². The van der Waals surface area contributed by atoms with Crippen LogP contribution < -0.4 is 5.32 Å². The summed E-state index contributed by atoms with van der Waals surface area (Å²) in [6.07, 6.45) is 30.8. The summed E-state index contributed by atoms with van der Waals surface area (Å²) in [4.78, 5) is 13.2. The number of ether oxygens (including phenoxy) is 4. The van der Waals surface area contributed by atoms with E-state index in [1.54, 1.807) is 6.08 Å². The minimum Gasteiger partial charge on any atom is -0.394 e. The van der Waals surface area contributed by atoms with Crippen LogP contribution in [0.25, 0.3) is 0 Å². The summed E-state index contributed by atoms with van der Waals surface area (Å²) in [6, 6.07) is -0.926. The van der Waals surface area contributed by atoms with Crippen LogP contribution in [0.2, 0.25) is 0 Å². The van der Waals surface area contributed by atoms with Gasteiger partial charge in [0.15, 0.2) is 12.6 Å². The lowest BCUT2D eigenvalue weighted by molar-refractivity contribution is -0.359. The highest BCUT2D eigenvalue weighted by Gasteiger charge is 2.51. The molecule has 9 N–H and O–H groups in total. The molecule has 0 saturated carbocycles. The van der Waals surface area contributed by atoms with E-state index in [-0.39, 0.29) is 18.9 Å². The average molecular weight is 986 g/mol. The molecule has 2 aliphatic rings. The van der Waals surface area contributed by atoms with Crippen molar-refractivity contribution < 1.29 is 64.6 Å². The smallest absolute Gasteiger partial charge is 0.220 e. The Bertz CT molecular complexity index is 1260. The third-order valence-corrected chi connectivity index (χ3v) is 13.9. The molecule has 0 aromatic heterocycles. The molecule has 69 heavy (non-hydrogen) atoms. The molecule has 0 aliphatic carbocycles. The van der Waals surface area contributed by atoms with E-state index in [1.165, 1.54) is 161 Å². The fourth-order valence-corrected chi connectivity index (χ4v) is 9.31. The molecule has 2 rings (SSSR count). The maximum atomic E-state index is 13.2. The van der Waals surface area contributed by atoms with Crippen molar-refractivity contribution in [1.29, 1.82) is 0 Å². The quantitative estimate of drug-likeness (QED) is 0.0206. The minimum atomic E-state index is -1.79. The van der Waals surface area contributed by atoms with E-state index in [9.17, 15) is 45.6 Å². The summed E-state index contributed by atoms with van der Waals surface area (Å²) in [5, 5.41) is 86.9. The van der Waals surface area contributed by atoms with Crippen molar-refractivity contribution in [3.63, 3.8) is 0 Å². The predicted molar refractivity (Wildman–Crippen MR) is 272 cm³/mol. The third kappa shape index (κ3) is 28.5. The standard InChI is InChI=1S/C55H103NO13/c1-3-5-7-9-11-13-15-17-19-20-21-22-23-24-25-26-28-30-32-34-36-38-44(59)43(56-47(60)39-37-35-33-31-29-27-18-16-14-12-10-8-6-4-2)42-66-54-52(65)50(63)53(46(41-58)68-54)69-55-51(64)49(62)48(61)45(40-57)67-55/h28,30,36,38,43-46,48-55,57-59,61-65H,3-27,29,31-35,37,39-42H2,1-2H3,(H,56,60)/b30-28+,38-36+. The Morgan fingerprint density at radius 1 is 0.507 bits per heavy atom. The van der Waals surface area contributed by atoms with Gasteiger partial charge in [0.1, 0.15) is 48.8 Å². The molecule has 0 radical (unpaired) electrons. The minimum absolute atomic E-state index is 0.247. The topological polar surface area (TPSA) is 228 Å². The van der Waals surface area contributed by atoms with E-state index in [4.69, 9.17) is 18.9 Å². The highest BCUT2D eigenvalue weighted by Crippen LogP contribution is 2.30. The lowest BCUT2D eigenvalue weighted by atomic mass is 9.97. The number of aliphatic hydroxyl groups is 8. The molecule has 1 amide bonds. The van der Waals surface area contributed by atoms with Crippen molar-refractivity contribution in [1.82, 2.24) is 5.32 Å². The molecule has 2 heterocycles. The van der Waals surface area contributed by atoms with E-state index < -0.39 is 86.8 Å². The molecule has 2 fully saturated rings. The summed E-state index contributed by atoms with van der Waals surface area (Å²) in [6.45, 7) is 2.79. The highest BCUT2D eigenvalue weighted by atomic mass is 16.7. The van der Waals surface area contributed by atoms with Crippen LogP contribution in [0.3, 0.4) is 0 Å². The lowest BCUT2D eigenvalue weighted by Gasteiger charge is -2.46. The van der Waals surface area contributed by atoms with E-state index in [0.29, 0.717) is 12.8 Å². The monoisotopic (exact) mass is 986 g/mol. The van der Waals surface area contributed by atoms with Crippen LogP contribution in [0.1, 0.15) is 226 Å². The van der Waals surface area contributed by atoms with Crippen molar-refractivity contribution in [3.05, 3.63) is 24.3 Å². The van der Waals surface area contributed by atoms with Crippen molar-refractivity contribution >= 4 is 5.91 Å². The molecule has 14 heteroatoms. The Morgan fingerprint density at radius 3 is 1.42 bits per heavy atom. The summed E-state index contributed by atoms with van der Waals surface area (Å²) in [5.41, 5.74) is 0. The molecule has 0 aromatic rings. The molecule has 2 aliphatic heterocycles. The van der Waals surface area contributed by atoms with E-state index in [1.807, 2.05) is 6.08 Å². The van der Waals surface area contributed by atoms with Crippen LogP contribution in [0.15, 0.2) is 24.3 Å². The van der Waals surface area contributed by atoms with Gasteiger partial charge in [-0.3, -0.25) is 4.79 Å². The van der Waals surface area contributed by atoms with Gasteiger partial charge in [-0.2, -0.15) is 0 Å². The largest absolute Gasteiger partial charge is 0.394 e. The number of carbonyl (C=O) groups excluding carboxylic acids is 1. The second-order valence-corrected chi connectivity index (χ2v) is 20.1. The zero-order chi connectivity index (χ0) is 50.3. The first-order valence-electron chi connectivity index (χ1n) is 28.1. The predicted octanol–water partition coefficient (Wildman–Crippen LogP) is 8.50. The van der Waals surface area contributed by atoms with Gasteiger partial charge in [-0.1, -0.05) is 212 Å². The fraction of sp³-hybridized carbons (Fsp3) is 0.909. The average Bonchev–Trinajstić information content (AvgIpc) is 3.35. The number of rotatable bonds is 44. The van der Waals surface area contributed by atoms with Crippen LogP contribution in [-0.2, 0) is 23.7 Å². The zero-order valence-corrected chi connectivity index (χ0v) is 43.3. The molecule has 0 bridgehead atoms. The second kappa shape index (κ2) is 41.9. The van der Waals surface area contributed by atoms with Gasteiger partial charge in [-0.05, 0) is 32.1 Å². The molecule has 0 aromatic carbocycles. The Balaban J connectivity index is 1.81. The van der Waals surface area contributed by atoms with Crippen molar-refractivity contribution in [2.45, 2.75) is 299 Å². The first-order chi connectivity index (χ1) is 33.6. The first kappa shape index (κ1) is 63.6. The van der Waals surface area contributed by atoms with Crippen LogP contribution in [0.4, 0.5) is 0 Å². The second-order valence-electron chi connectivity index (χ2n) is 20.1. The van der Waals surface area contributed by atoms with Gasteiger partial charge in [-0.15, -0.1) is 0 Å². The molecule has 14 nitrogen and oxygen atoms in total. The first-order valence-corrected chi connectivity index (χ1v) is 28.1. The lowest BCUT2D eigenvalue weighted by Crippen LogP contribution is -2.65. The summed E-state index contributed by atoms with van der Waals surface area (Å²) >= 11 is 0. The van der Waals surface area contributed by atoms with Crippen LogP contribution in [-0.4, -0.2) is 140 Å². The Labute approximate surface area is 418 Å². The van der Waals surface area contributed by atoms with Crippen LogP contribution in [0.5, 0.6) is 0 Å². The van der Waals surface area contributed by atoms with Crippen molar-refractivity contribution in [3.8, 4) is 0 Å². The molecule has 0 spiro atoms. The van der Waals surface area contributed by atoms with E-state index >= 15 is 0 Å². The molecule has 2 saturated heterocycles. The fourth-order valence-electron chi connectivity index (χ4n) is 9.31. The van der Waals surface area contributed by atoms with Gasteiger partial charge in [-0.25, -0.2) is 0 Å².